The first-order chi connectivity index (χ1) is 17.9. The molecule has 0 saturated carbocycles. The molecule has 2 amide bonds. The summed E-state index contributed by atoms with van der Waals surface area (Å²) < 4.78 is 10.9. The second-order valence-electron chi connectivity index (χ2n) is 9.28. The van der Waals surface area contributed by atoms with Crippen LogP contribution in [0.1, 0.15) is 56.9 Å². The van der Waals surface area contributed by atoms with Crippen LogP contribution in [0.5, 0.6) is 11.5 Å². The van der Waals surface area contributed by atoms with E-state index in [1.54, 1.807) is 43.3 Å². The molecule has 1 aromatic heterocycles. The number of aliphatic hydroxyl groups is 1. The van der Waals surface area contributed by atoms with Crippen LogP contribution in [0, 0.1) is 0 Å². The normalized spacial score (nSPS) is 15.8. The SMILES string of the molecule is C/C=C/c1cccc(-c2nc(C(=O)N(C)C)cc3c2[C@H](CCO)N(C(=O)c2ccc4c(c2)OCO4)C3)c1. The second-order valence-corrected chi connectivity index (χ2v) is 9.28. The van der Waals surface area contributed by atoms with Crippen molar-refractivity contribution < 1.29 is 24.2 Å². The molecule has 0 radical (unpaired) electrons. The van der Waals surface area contributed by atoms with E-state index in [0.717, 1.165) is 22.3 Å². The van der Waals surface area contributed by atoms with Crippen LogP contribution in [0.25, 0.3) is 17.3 Å². The lowest BCUT2D eigenvalue weighted by Crippen LogP contribution is -2.30. The van der Waals surface area contributed by atoms with Crippen LogP contribution in [0.15, 0.2) is 54.6 Å². The zero-order valence-electron chi connectivity index (χ0n) is 21.1. The van der Waals surface area contributed by atoms with Crippen molar-refractivity contribution in [2.45, 2.75) is 25.9 Å². The van der Waals surface area contributed by atoms with E-state index in [9.17, 15) is 14.7 Å². The zero-order valence-corrected chi connectivity index (χ0v) is 21.1. The number of benzene rings is 2. The molecule has 1 N–H and O–H groups in total. The van der Waals surface area contributed by atoms with Gasteiger partial charge in [-0.3, -0.25) is 9.59 Å². The highest BCUT2D eigenvalue weighted by Gasteiger charge is 2.38. The number of rotatable bonds is 6. The summed E-state index contributed by atoms with van der Waals surface area (Å²) in [6.07, 6.45) is 4.30. The minimum absolute atomic E-state index is 0.106. The van der Waals surface area contributed by atoms with E-state index in [1.165, 1.54) is 4.90 Å². The lowest BCUT2D eigenvalue weighted by molar-refractivity contribution is 0.0664. The molecule has 3 aromatic rings. The fraction of sp³-hybridized carbons (Fsp3) is 0.276. The van der Waals surface area contributed by atoms with Crippen LogP contribution >= 0.6 is 0 Å². The lowest BCUT2D eigenvalue weighted by atomic mass is 9.94. The molecule has 0 saturated heterocycles. The number of allylic oxidation sites excluding steroid dienone is 1. The van der Waals surface area contributed by atoms with Crippen molar-refractivity contribution in [2.24, 2.45) is 0 Å². The minimum atomic E-state index is -0.408. The van der Waals surface area contributed by atoms with Gasteiger partial charge in [0.05, 0.1) is 11.7 Å². The van der Waals surface area contributed by atoms with Gasteiger partial charge in [0, 0.05) is 43.9 Å². The quantitative estimate of drug-likeness (QED) is 0.544. The number of aromatic nitrogens is 1. The molecule has 190 valence electrons. The predicted octanol–water partition coefficient (Wildman–Crippen LogP) is 4.29. The van der Waals surface area contributed by atoms with Gasteiger partial charge in [0.2, 0.25) is 6.79 Å². The van der Waals surface area contributed by atoms with Crippen LogP contribution in [-0.2, 0) is 6.54 Å². The monoisotopic (exact) mass is 499 g/mol. The molecule has 2 aliphatic rings. The van der Waals surface area contributed by atoms with Gasteiger partial charge in [-0.25, -0.2) is 4.98 Å². The Morgan fingerprint density at radius 1 is 1.14 bits per heavy atom. The molecular formula is C29H29N3O5. The number of hydrogen-bond acceptors (Lipinski definition) is 6. The fourth-order valence-corrected chi connectivity index (χ4v) is 4.93. The van der Waals surface area contributed by atoms with Crippen molar-refractivity contribution in [3.63, 3.8) is 0 Å². The highest BCUT2D eigenvalue weighted by Crippen LogP contribution is 2.43. The summed E-state index contributed by atoms with van der Waals surface area (Å²) in [6.45, 7) is 2.27. The maximum atomic E-state index is 13.8. The molecule has 37 heavy (non-hydrogen) atoms. The van der Waals surface area contributed by atoms with Crippen molar-refractivity contribution in [2.75, 3.05) is 27.5 Å². The zero-order chi connectivity index (χ0) is 26.1. The lowest BCUT2D eigenvalue weighted by Gasteiger charge is -2.26. The number of ether oxygens (including phenoxy) is 2. The molecule has 2 aromatic carbocycles. The van der Waals surface area contributed by atoms with Gasteiger partial charge in [0.1, 0.15) is 5.69 Å². The van der Waals surface area contributed by atoms with Crippen molar-refractivity contribution in [1.82, 2.24) is 14.8 Å². The summed E-state index contributed by atoms with van der Waals surface area (Å²) in [7, 11) is 3.38. The number of carbonyl (C=O) groups excluding carboxylic acids is 2. The first-order valence-corrected chi connectivity index (χ1v) is 12.2. The number of fused-ring (bicyclic) bond motifs is 2. The van der Waals surface area contributed by atoms with Crippen molar-refractivity contribution in [1.29, 1.82) is 0 Å². The average molecular weight is 500 g/mol. The molecule has 0 fully saturated rings. The third kappa shape index (κ3) is 4.56. The Labute approximate surface area is 215 Å². The fourth-order valence-electron chi connectivity index (χ4n) is 4.93. The number of carbonyl (C=O) groups is 2. The summed E-state index contributed by atoms with van der Waals surface area (Å²) in [6, 6.07) is 14.4. The van der Waals surface area contributed by atoms with Crippen LogP contribution in [0.3, 0.4) is 0 Å². The highest BCUT2D eigenvalue weighted by atomic mass is 16.7. The van der Waals surface area contributed by atoms with Gasteiger partial charge in [-0.15, -0.1) is 0 Å². The van der Waals surface area contributed by atoms with Gasteiger partial charge in [-0.05, 0) is 54.8 Å². The summed E-state index contributed by atoms with van der Waals surface area (Å²) in [5.41, 5.74) is 4.98. The van der Waals surface area contributed by atoms with Gasteiger partial charge in [-0.1, -0.05) is 30.4 Å². The Bertz CT molecular complexity index is 1400. The Balaban J connectivity index is 1.63. The van der Waals surface area contributed by atoms with Crippen LogP contribution in [0.2, 0.25) is 0 Å². The van der Waals surface area contributed by atoms with Gasteiger partial charge in [0.25, 0.3) is 11.8 Å². The summed E-state index contributed by atoms with van der Waals surface area (Å²) in [5, 5.41) is 9.98. The van der Waals surface area contributed by atoms with E-state index < -0.39 is 6.04 Å². The Morgan fingerprint density at radius 3 is 2.70 bits per heavy atom. The van der Waals surface area contributed by atoms with Crippen molar-refractivity contribution in [3.8, 4) is 22.8 Å². The van der Waals surface area contributed by atoms with E-state index in [4.69, 9.17) is 14.5 Å². The van der Waals surface area contributed by atoms with Crippen LogP contribution < -0.4 is 9.47 Å². The number of hydrogen-bond donors (Lipinski definition) is 1. The second kappa shape index (κ2) is 10.1. The Kier molecular flexibility index (Phi) is 6.67. The van der Waals surface area contributed by atoms with Gasteiger partial charge >= 0.3 is 0 Å². The maximum absolute atomic E-state index is 13.8. The number of amides is 2. The van der Waals surface area contributed by atoms with Crippen molar-refractivity contribution >= 4 is 17.9 Å². The first-order valence-electron chi connectivity index (χ1n) is 12.2. The Hall–Kier alpha value is -4.17. The van der Waals surface area contributed by atoms with E-state index in [0.29, 0.717) is 41.4 Å². The van der Waals surface area contributed by atoms with E-state index in [2.05, 4.69) is 0 Å². The molecule has 2 aliphatic heterocycles. The smallest absolute Gasteiger partial charge is 0.271 e. The molecule has 0 aliphatic carbocycles. The number of aliphatic hydroxyl groups excluding tert-OH is 1. The third-order valence-corrected chi connectivity index (χ3v) is 6.62. The molecule has 8 heteroatoms. The van der Waals surface area contributed by atoms with Crippen molar-refractivity contribution in [3.05, 3.63) is 82.6 Å². The molecule has 0 bridgehead atoms. The molecular weight excluding hydrogens is 470 g/mol. The van der Waals surface area contributed by atoms with E-state index >= 15 is 0 Å². The Morgan fingerprint density at radius 2 is 1.95 bits per heavy atom. The first kappa shape index (κ1) is 24.5. The van der Waals surface area contributed by atoms with E-state index in [1.807, 2.05) is 43.3 Å². The third-order valence-electron chi connectivity index (χ3n) is 6.62. The molecule has 0 spiro atoms. The van der Waals surface area contributed by atoms with Crippen LogP contribution in [-0.4, -0.2) is 59.2 Å². The number of nitrogens with zero attached hydrogens (tertiary/aromatic N) is 3. The predicted molar refractivity (Wildman–Crippen MR) is 139 cm³/mol. The molecule has 8 nitrogen and oxygen atoms in total. The molecule has 5 rings (SSSR count). The van der Waals surface area contributed by atoms with Gasteiger partial charge in [-0.2, -0.15) is 0 Å². The number of pyridine rings is 1. The largest absolute Gasteiger partial charge is 0.454 e. The van der Waals surface area contributed by atoms with Gasteiger partial charge < -0.3 is 24.4 Å². The summed E-state index contributed by atoms with van der Waals surface area (Å²) in [4.78, 5) is 34.8. The summed E-state index contributed by atoms with van der Waals surface area (Å²) >= 11 is 0. The molecule has 0 unspecified atom stereocenters. The highest BCUT2D eigenvalue weighted by molar-refractivity contribution is 5.97. The topological polar surface area (TPSA) is 92.2 Å². The summed E-state index contributed by atoms with van der Waals surface area (Å²) in [5.74, 6) is 0.728. The minimum Gasteiger partial charge on any atom is -0.454 e. The van der Waals surface area contributed by atoms with E-state index in [-0.39, 0.29) is 25.2 Å². The molecule has 3 heterocycles. The van der Waals surface area contributed by atoms with Crippen LogP contribution in [0.4, 0.5) is 0 Å². The standard InChI is InChI=1S/C29H29N3O5/c1-4-6-18-7-5-8-19(13-18)27-26-21(14-22(30-27)29(35)31(2)3)16-32(23(26)11-12-33)28(34)20-9-10-24-25(15-20)37-17-36-24/h4-10,13-15,23,33H,11-12,16-17H2,1-3H3/b6-4+/t23-/m0/s1. The average Bonchev–Trinajstić information content (AvgIpc) is 3.52. The maximum Gasteiger partial charge on any atom is 0.271 e. The van der Waals surface area contributed by atoms with Gasteiger partial charge in [0.15, 0.2) is 11.5 Å². The molecule has 1 atom stereocenters.